The van der Waals surface area contributed by atoms with Crippen molar-refractivity contribution in [2.45, 2.75) is 77.6 Å². The van der Waals surface area contributed by atoms with E-state index in [1.54, 1.807) is 12.1 Å². The molecule has 0 aromatic heterocycles. The highest BCUT2D eigenvalue weighted by Gasteiger charge is 2.11. The lowest BCUT2D eigenvalue weighted by Crippen LogP contribution is -2.14. The standard InChI is InChI=1S/C25H34O3/c1-2-3-4-5-6-7-8-9-10-12-17-22-18-15-16-21-24(22)28-25(26)27-23-19-13-11-14-20-23/h11,13-16,18-21H,2-10,12,17H2,1H3. The van der Waals surface area contributed by atoms with Gasteiger partial charge in [-0.1, -0.05) is 101 Å². The fourth-order valence-electron chi connectivity index (χ4n) is 3.31. The summed E-state index contributed by atoms with van der Waals surface area (Å²) >= 11 is 0. The molecular formula is C25H34O3. The summed E-state index contributed by atoms with van der Waals surface area (Å²) in [4.78, 5) is 12.0. The molecule has 152 valence electrons. The number of para-hydroxylation sites is 2. The number of benzene rings is 2. The Labute approximate surface area is 170 Å². The number of ether oxygens (including phenoxy) is 2. The van der Waals surface area contributed by atoms with Gasteiger partial charge in [-0.05, 0) is 36.6 Å². The first-order valence-electron chi connectivity index (χ1n) is 10.8. The minimum Gasteiger partial charge on any atom is -0.395 e. The second kappa shape index (κ2) is 13.8. The minimum absolute atomic E-state index is 0.486. The predicted molar refractivity (Wildman–Crippen MR) is 115 cm³/mol. The maximum absolute atomic E-state index is 12.0. The van der Waals surface area contributed by atoms with Gasteiger partial charge < -0.3 is 9.47 Å². The molecule has 3 heteroatoms. The number of aryl methyl sites for hydroxylation is 1. The molecule has 2 aromatic rings. The first kappa shape index (κ1) is 22.0. The van der Waals surface area contributed by atoms with Crippen molar-refractivity contribution in [3.05, 3.63) is 60.2 Å². The van der Waals surface area contributed by atoms with E-state index in [4.69, 9.17) is 9.47 Å². The lowest BCUT2D eigenvalue weighted by molar-refractivity contribution is 0.151. The minimum atomic E-state index is -0.693. The zero-order valence-electron chi connectivity index (χ0n) is 17.2. The Morgan fingerprint density at radius 2 is 1.25 bits per heavy atom. The third-order valence-electron chi connectivity index (χ3n) is 4.91. The first-order chi connectivity index (χ1) is 13.8. The number of carbonyl (C=O) groups is 1. The van der Waals surface area contributed by atoms with E-state index in [2.05, 4.69) is 6.92 Å². The molecule has 0 amide bonds. The van der Waals surface area contributed by atoms with Crippen LogP contribution in [-0.4, -0.2) is 6.16 Å². The summed E-state index contributed by atoms with van der Waals surface area (Å²) in [5.41, 5.74) is 1.06. The van der Waals surface area contributed by atoms with Crippen LogP contribution in [0.5, 0.6) is 11.5 Å². The van der Waals surface area contributed by atoms with Crippen LogP contribution in [0.1, 0.15) is 76.7 Å². The third-order valence-corrected chi connectivity index (χ3v) is 4.91. The van der Waals surface area contributed by atoms with Gasteiger partial charge in [-0.2, -0.15) is 0 Å². The van der Waals surface area contributed by atoms with E-state index >= 15 is 0 Å². The molecule has 2 rings (SSSR count). The van der Waals surface area contributed by atoms with Crippen molar-refractivity contribution in [3.8, 4) is 11.5 Å². The molecule has 0 unspecified atom stereocenters. The Kier molecular flexibility index (Phi) is 10.9. The second-order valence-electron chi connectivity index (χ2n) is 7.31. The molecule has 0 saturated carbocycles. The molecule has 0 fully saturated rings. The zero-order chi connectivity index (χ0) is 19.9. The molecule has 0 heterocycles. The first-order valence-corrected chi connectivity index (χ1v) is 10.8. The van der Waals surface area contributed by atoms with Crippen LogP contribution in [0.2, 0.25) is 0 Å². The summed E-state index contributed by atoms with van der Waals surface area (Å²) in [6, 6.07) is 16.7. The van der Waals surface area contributed by atoms with Gasteiger partial charge in [0.25, 0.3) is 0 Å². The van der Waals surface area contributed by atoms with Gasteiger partial charge in [0.05, 0.1) is 0 Å². The highest BCUT2D eigenvalue weighted by Crippen LogP contribution is 2.22. The predicted octanol–water partition coefficient (Wildman–Crippen LogP) is 7.73. The second-order valence-corrected chi connectivity index (χ2v) is 7.31. The SMILES string of the molecule is CCCCCCCCCCCCc1ccccc1OC(=O)Oc1ccccc1. The molecule has 3 nitrogen and oxygen atoms in total. The van der Waals surface area contributed by atoms with E-state index in [9.17, 15) is 4.79 Å². The van der Waals surface area contributed by atoms with Crippen LogP contribution in [0.4, 0.5) is 4.79 Å². The van der Waals surface area contributed by atoms with Crippen molar-refractivity contribution >= 4 is 6.16 Å². The molecule has 0 atom stereocenters. The molecule has 28 heavy (non-hydrogen) atoms. The highest BCUT2D eigenvalue weighted by molar-refractivity contribution is 5.67. The molecule has 0 saturated heterocycles. The van der Waals surface area contributed by atoms with E-state index in [1.807, 2.05) is 42.5 Å². The highest BCUT2D eigenvalue weighted by atomic mass is 16.7. The fourth-order valence-corrected chi connectivity index (χ4v) is 3.31. The van der Waals surface area contributed by atoms with Crippen LogP contribution in [0, 0.1) is 0 Å². The number of hydrogen-bond donors (Lipinski definition) is 0. The number of carbonyl (C=O) groups excluding carboxylic acids is 1. The van der Waals surface area contributed by atoms with Crippen LogP contribution >= 0.6 is 0 Å². The molecule has 0 aliphatic rings. The van der Waals surface area contributed by atoms with Crippen LogP contribution in [-0.2, 0) is 6.42 Å². The van der Waals surface area contributed by atoms with Gasteiger partial charge in [-0.15, -0.1) is 0 Å². The quantitative estimate of drug-likeness (QED) is 0.202. The molecule has 0 bridgehead atoms. The van der Waals surface area contributed by atoms with E-state index in [0.29, 0.717) is 11.5 Å². The van der Waals surface area contributed by atoms with Crippen molar-refractivity contribution in [3.63, 3.8) is 0 Å². The summed E-state index contributed by atoms with van der Waals surface area (Å²) in [5.74, 6) is 1.08. The van der Waals surface area contributed by atoms with Gasteiger partial charge in [0, 0.05) is 0 Å². The third kappa shape index (κ3) is 9.07. The molecule has 0 radical (unpaired) electrons. The van der Waals surface area contributed by atoms with Gasteiger partial charge in [0.2, 0.25) is 0 Å². The molecule has 0 spiro atoms. The fraction of sp³-hybridized carbons (Fsp3) is 0.480. The molecule has 0 aliphatic heterocycles. The largest absolute Gasteiger partial charge is 0.519 e. The topological polar surface area (TPSA) is 35.5 Å². The summed E-state index contributed by atoms with van der Waals surface area (Å²) in [7, 11) is 0. The van der Waals surface area contributed by atoms with Crippen LogP contribution in [0.15, 0.2) is 54.6 Å². The Hall–Kier alpha value is -2.29. The normalized spacial score (nSPS) is 10.6. The lowest BCUT2D eigenvalue weighted by atomic mass is 10.0. The Bertz CT molecular complexity index is 667. The van der Waals surface area contributed by atoms with Crippen LogP contribution in [0.25, 0.3) is 0 Å². The van der Waals surface area contributed by atoms with E-state index < -0.39 is 6.16 Å². The molecule has 2 aromatic carbocycles. The van der Waals surface area contributed by atoms with Gasteiger partial charge in [-0.3, -0.25) is 0 Å². The van der Waals surface area contributed by atoms with E-state index in [-0.39, 0.29) is 0 Å². The van der Waals surface area contributed by atoms with Crippen LogP contribution < -0.4 is 9.47 Å². The van der Waals surface area contributed by atoms with Crippen molar-refractivity contribution in [1.29, 1.82) is 0 Å². The van der Waals surface area contributed by atoms with Gasteiger partial charge >= 0.3 is 6.16 Å². The molecular weight excluding hydrogens is 348 g/mol. The van der Waals surface area contributed by atoms with E-state index in [0.717, 1.165) is 18.4 Å². The zero-order valence-corrected chi connectivity index (χ0v) is 17.2. The summed E-state index contributed by atoms with van der Waals surface area (Å²) in [6.07, 6.45) is 13.4. The number of rotatable bonds is 13. The van der Waals surface area contributed by atoms with Gasteiger partial charge in [0.15, 0.2) is 0 Å². The molecule has 0 N–H and O–H groups in total. The maximum atomic E-state index is 12.0. The maximum Gasteiger partial charge on any atom is 0.519 e. The Morgan fingerprint density at radius 1 is 0.679 bits per heavy atom. The van der Waals surface area contributed by atoms with E-state index in [1.165, 1.54) is 57.8 Å². The van der Waals surface area contributed by atoms with Crippen LogP contribution in [0.3, 0.4) is 0 Å². The monoisotopic (exact) mass is 382 g/mol. The summed E-state index contributed by atoms with van der Waals surface area (Å²) < 4.78 is 10.6. The lowest BCUT2D eigenvalue weighted by Gasteiger charge is -2.10. The number of unbranched alkanes of at least 4 members (excludes halogenated alkanes) is 9. The Balaban J connectivity index is 1.65. The van der Waals surface area contributed by atoms with Gasteiger partial charge in [0.1, 0.15) is 11.5 Å². The average Bonchev–Trinajstić information content (AvgIpc) is 2.71. The smallest absolute Gasteiger partial charge is 0.395 e. The van der Waals surface area contributed by atoms with Crippen molar-refractivity contribution < 1.29 is 14.3 Å². The summed E-state index contributed by atoms with van der Waals surface area (Å²) in [5, 5.41) is 0. The average molecular weight is 383 g/mol. The summed E-state index contributed by atoms with van der Waals surface area (Å²) in [6.45, 7) is 2.26. The van der Waals surface area contributed by atoms with Crippen molar-refractivity contribution in [2.75, 3.05) is 0 Å². The van der Waals surface area contributed by atoms with Crippen molar-refractivity contribution in [1.82, 2.24) is 0 Å². The Morgan fingerprint density at radius 3 is 1.93 bits per heavy atom. The van der Waals surface area contributed by atoms with Crippen molar-refractivity contribution in [2.24, 2.45) is 0 Å². The molecule has 0 aliphatic carbocycles. The number of hydrogen-bond acceptors (Lipinski definition) is 3. The van der Waals surface area contributed by atoms with Gasteiger partial charge in [-0.25, -0.2) is 4.79 Å².